The first-order valence-electron chi connectivity index (χ1n) is 8.21. The SMILES string of the molecule is COc1cc(CC(=O)N(C)C(C)c2ccc(Cl)cc2)cc(OC)c1OC. The fourth-order valence-corrected chi connectivity index (χ4v) is 2.84. The summed E-state index contributed by atoms with van der Waals surface area (Å²) in [7, 11) is 6.45. The number of carbonyl (C=O) groups excluding carboxylic acids is 1. The lowest BCUT2D eigenvalue weighted by atomic mass is 10.1. The largest absolute Gasteiger partial charge is 0.493 e. The van der Waals surface area contributed by atoms with E-state index in [-0.39, 0.29) is 18.4 Å². The maximum absolute atomic E-state index is 12.7. The van der Waals surface area contributed by atoms with Gasteiger partial charge in [0.25, 0.3) is 0 Å². The second kappa shape index (κ2) is 8.81. The molecule has 1 atom stereocenters. The van der Waals surface area contributed by atoms with Gasteiger partial charge in [0.2, 0.25) is 11.7 Å². The van der Waals surface area contributed by atoms with Crippen molar-refractivity contribution in [2.45, 2.75) is 19.4 Å². The third kappa shape index (κ3) is 4.41. The number of likely N-dealkylation sites (N-methyl/N-ethyl adjacent to an activating group) is 1. The number of hydrogen-bond acceptors (Lipinski definition) is 4. The van der Waals surface area contributed by atoms with Crippen LogP contribution in [0.25, 0.3) is 0 Å². The number of halogens is 1. The summed E-state index contributed by atoms with van der Waals surface area (Å²) in [6, 6.07) is 11.0. The molecule has 0 radical (unpaired) electrons. The molecule has 6 heteroatoms. The molecule has 0 fully saturated rings. The van der Waals surface area contributed by atoms with Gasteiger partial charge in [0.15, 0.2) is 11.5 Å². The fraction of sp³-hybridized carbons (Fsp3) is 0.350. The van der Waals surface area contributed by atoms with Crippen LogP contribution in [0.15, 0.2) is 36.4 Å². The molecular formula is C20H24ClNO4. The topological polar surface area (TPSA) is 48.0 Å². The molecule has 0 saturated carbocycles. The average molecular weight is 378 g/mol. The van der Waals surface area contributed by atoms with Crippen molar-refractivity contribution in [2.75, 3.05) is 28.4 Å². The summed E-state index contributed by atoms with van der Waals surface area (Å²) in [5.41, 5.74) is 1.81. The molecule has 0 spiro atoms. The molecule has 0 N–H and O–H groups in total. The molecule has 0 heterocycles. The number of methoxy groups -OCH3 is 3. The molecule has 140 valence electrons. The Bertz CT molecular complexity index is 736. The third-order valence-corrected chi connectivity index (χ3v) is 4.66. The molecule has 26 heavy (non-hydrogen) atoms. The van der Waals surface area contributed by atoms with E-state index in [0.29, 0.717) is 22.3 Å². The van der Waals surface area contributed by atoms with E-state index in [1.165, 1.54) is 0 Å². The summed E-state index contributed by atoms with van der Waals surface area (Å²) in [5.74, 6) is 1.56. The molecule has 1 amide bonds. The summed E-state index contributed by atoms with van der Waals surface area (Å²) in [6.45, 7) is 1.98. The van der Waals surface area contributed by atoms with E-state index in [2.05, 4.69) is 0 Å². The Kier molecular flexibility index (Phi) is 6.75. The van der Waals surface area contributed by atoms with Gasteiger partial charge in [-0.3, -0.25) is 4.79 Å². The van der Waals surface area contributed by atoms with Crippen LogP contribution in [0.5, 0.6) is 17.2 Å². The highest BCUT2D eigenvalue weighted by Gasteiger charge is 2.20. The van der Waals surface area contributed by atoms with E-state index >= 15 is 0 Å². The Labute approximate surface area is 159 Å². The van der Waals surface area contributed by atoms with Gasteiger partial charge in [0.05, 0.1) is 33.8 Å². The minimum atomic E-state index is -0.0678. The van der Waals surface area contributed by atoms with Crippen molar-refractivity contribution in [1.82, 2.24) is 4.90 Å². The fourth-order valence-electron chi connectivity index (χ4n) is 2.72. The number of nitrogens with zero attached hydrogens (tertiary/aromatic N) is 1. The van der Waals surface area contributed by atoms with E-state index in [9.17, 15) is 4.79 Å². The van der Waals surface area contributed by atoms with Gasteiger partial charge < -0.3 is 19.1 Å². The molecule has 0 aliphatic heterocycles. The normalized spacial score (nSPS) is 11.6. The van der Waals surface area contributed by atoms with Gasteiger partial charge >= 0.3 is 0 Å². The lowest BCUT2D eigenvalue weighted by Gasteiger charge is -2.26. The number of carbonyl (C=O) groups is 1. The summed E-state index contributed by atoms with van der Waals surface area (Å²) >= 11 is 5.93. The van der Waals surface area contributed by atoms with Crippen molar-refractivity contribution in [3.8, 4) is 17.2 Å². The average Bonchev–Trinajstić information content (AvgIpc) is 2.66. The second-order valence-electron chi connectivity index (χ2n) is 5.94. The highest BCUT2D eigenvalue weighted by molar-refractivity contribution is 6.30. The van der Waals surface area contributed by atoms with Crippen molar-refractivity contribution >= 4 is 17.5 Å². The van der Waals surface area contributed by atoms with Crippen LogP contribution < -0.4 is 14.2 Å². The van der Waals surface area contributed by atoms with Crippen LogP contribution in [-0.4, -0.2) is 39.2 Å². The van der Waals surface area contributed by atoms with Crippen LogP contribution in [0.1, 0.15) is 24.1 Å². The number of benzene rings is 2. The lowest BCUT2D eigenvalue weighted by molar-refractivity contribution is -0.131. The first-order chi connectivity index (χ1) is 12.4. The van der Waals surface area contributed by atoms with Crippen LogP contribution in [0.2, 0.25) is 5.02 Å². The van der Waals surface area contributed by atoms with E-state index < -0.39 is 0 Å². The Balaban J connectivity index is 2.19. The molecule has 1 unspecified atom stereocenters. The molecule has 5 nitrogen and oxygen atoms in total. The van der Waals surface area contributed by atoms with Gasteiger partial charge in [-0.1, -0.05) is 23.7 Å². The van der Waals surface area contributed by atoms with E-state index in [0.717, 1.165) is 11.1 Å². The first-order valence-corrected chi connectivity index (χ1v) is 8.59. The molecule has 2 rings (SSSR count). The summed E-state index contributed by atoms with van der Waals surface area (Å²) in [6.07, 6.45) is 0.227. The quantitative estimate of drug-likeness (QED) is 0.728. The van der Waals surface area contributed by atoms with Crippen LogP contribution in [0.3, 0.4) is 0 Å². The minimum Gasteiger partial charge on any atom is -0.493 e. The molecule has 0 bridgehead atoms. The summed E-state index contributed by atoms with van der Waals surface area (Å²) < 4.78 is 16.0. The Morgan fingerprint density at radius 1 is 1.04 bits per heavy atom. The first kappa shape index (κ1) is 19.9. The number of amides is 1. The highest BCUT2D eigenvalue weighted by Crippen LogP contribution is 2.38. The molecule has 0 saturated heterocycles. The highest BCUT2D eigenvalue weighted by atomic mass is 35.5. The van der Waals surface area contributed by atoms with Gasteiger partial charge in [-0.05, 0) is 42.3 Å². The molecule has 0 aromatic heterocycles. The standard InChI is InChI=1S/C20H24ClNO4/c1-13(15-6-8-16(21)9-7-15)22(2)19(23)12-14-10-17(24-3)20(26-5)18(11-14)25-4/h6-11,13H,12H2,1-5H3. The third-order valence-electron chi connectivity index (χ3n) is 4.41. The van der Waals surface area contributed by atoms with Gasteiger partial charge in [0.1, 0.15) is 0 Å². The molecule has 2 aromatic carbocycles. The van der Waals surface area contributed by atoms with Crippen LogP contribution in [0.4, 0.5) is 0 Å². The van der Waals surface area contributed by atoms with Crippen molar-refractivity contribution in [3.05, 3.63) is 52.5 Å². The Hall–Kier alpha value is -2.40. The zero-order chi connectivity index (χ0) is 19.3. The molecular weight excluding hydrogens is 354 g/mol. The lowest BCUT2D eigenvalue weighted by Crippen LogP contribution is -2.31. The smallest absolute Gasteiger partial charge is 0.227 e. The van der Waals surface area contributed by atoms with Crippen molar-refractivity contribution in [3.63, 3.8) is 0 Å². The Morgan fingerprint density at radius 3 is 2.04 bits per heavy atom. The van der Waals surface area contributed by atoms with Crippen LogP contribution >= 0.6 is 11.6 Å². The number of hydrogen-bond donors (Lipinski definition) is 0. The summed E-state index contributed by atoms with van der Waals surface area (Å²) in [4.78, 5) is 14.4. The number of ether oxygens (including phenoxy) is 3. The Morgan fingerprint density at radius 2 is 1.58 bits per heavy atom. The van der Waals surface area contributed by atoms with Gasteiger partial charge in [-0.15, -0.1) is 0 Å². The van der Waals surface area contributed by atoms with E-state index in [4.69, 9.17) is 25.8 Å². The monoisotopic (exact) mass is 377 g/mol. The van der Waals surface area contributed by atoms with Crippen molar-refractivity contribution in [2.24, 2.45) is 0 Å². The summed E-state index contributed by atoms with van der Waals surface area (Å²) in [5, 5.41) is 0.673. The van der Waals surface area contributed by atoms with Gasteiger partial charge in [0, 0.05) is 12.1 Å². The maximum Gasteiger partial charge on any atom is 0.227 e. The van der Waals surface area contributed by atoms with Crippen molar-refractivity contribution in [1.29, 1.82) is 0 Å². The minimum absolute atomic E-state index is 0.0123. The molecule has 2 aromatic rings. The zero-order valence-electron chi connectivity index (χ0n) is 15.7. The predicted molar refractivity (Wildman–Crippen MR) is 102 cm³/mol. The molecule has 0 aliphatic rings. The van der Waals surface area contributed by atoms with Gasteiger partial charge in [-0.2, -0.15) is 0 Å². The zero-order valence-corrected chi connectivity index (χ0v) is 16.5. The second-order valence-corrected chi connectivity index (χ2v) is 6.38. The molecule has 0 aliphatic carbocycles. The number of rotatable bonds is 7. The van der Waals surface area contributed by atoms with Crippen LogP contribution in [-0.2, 0) is 11.2 Å². The van der Waals surface area contributed by atoms with E-state index in [1.54, 1.807) is 45.4 Å². The van der Waals surface area contributed by atoms with E-state index in [1.807, 2.05) is 31.2 Å². The maximum atomic E-state index is 12.7. The van der Waals surface area contributed by atoms with Gasteiger partial charge in [-0.25, -0.2) is 0 Å². The van der Waals surface area contributed by atoms with Crippen LogP contribution in [0, 0.1) is 0 Å². The van der Waals surface area contributed by atoms with Crippen molar-refractivity contribution < 1.29 is 19.0 Å². The predicted octanol–water partition coefficient (Wildman–Crippen LogP) is 4.13.